The molecule has 24 heteroatoms. The first-order valence-corrected chi connectivity index (χ1v) is 33.1. The number of hydrogen-bond acceptors (Lipinski definition) is 18. The fourth-order valence-corrected chi connectivity index (χ4v) is 13.8. The monoisotopic (exact) mass is 1290 g/mol. The number of aliphatic hydroxyl groups excluding tert-OH is 2. The molecule has 7 heterocycles. The molecule has 1 aliphatic carbocycles. The SMILES string of the molecule is CO[C@@H](C)COc1nc(N(C)[C@@H]2CCN(C(=O)OC(C)(C)C)C2)c2cc(C3CC3)c(-c3c(C)c(F)cc4c3cnn4C3CCCCO3)c(OCc3ccc(-c4cn([C@H](C(=O)N5C[C@H](O)C[C@H]5C(=O)N[C@@H](CO)c5ccc(-c6scnc6C)cc5)C(C)C)nn4)cc3)c2n1. The topological polar surface area (TPSA) is 247 Å². The summed E-state index contributed by atoms with van der Waals surface area (Å²) in [5, 5.41) is 39.8. The lowest BCUT2D eigenvalue weighted by molar-refractivity contribution is -0.142. The van der Waals surface area contributed by atoms with Crippen molar-refractivity contribution in [2.75, 3.05) is 58.5 Å². The zero-order valence-electron chi connectivity index (χ0n) is 54.5. The zero-order valence-corrected chi connectivity index (χ0v) is 55.3. The Morgan fingerprint density at radius 2 is 1.70 bits per heavy atom. The predicted octanol–water partition coefficient (Wildman–Crippen LogP) is 10.8. The Balaban J connectivity index is 0.861. The fourth-order valence-electron chi connectivity index (χ4n) is 13.0. The summed E-state index contributed by atoms with van der Waals surface area (Å²) >= 11 is 1.53. The summed E-state index contributed by atoms with van der Waals surface area (Å²) in [6.45, 7) is 16.2. The molecule has 93 heavy (non-hydrogen) atoms. The number of aromatic nitrogens is 8. The molecule has 4 fully saturated rings. The summed E-state index contributed by atoms with van der Waals surface area (Å²) in [6.07, 6.45) is 6.66. The van der Waals surface area contributed by atoms with Crippen LogP contribution in [0.5, 0.6) is 11.8 Å². The van der Waals surface area contributed by atoms with Crippen molar-refractivity contribution < 1.29 is 52.7 Å². The minimum Gasteiger partial charge on any atom is -0.486 e. The highest BCUT2D eigenvalue weighted by Gasteiger charge is 2.44. The molecule has 3 saturated heterocycles. The van der Waals surface area contributed by atoms with Crippen LogP contribution < -0.4 is 19.7 Å². The van der Waals surface area contributed by atoms with Crippen LogP contribution in [0.1, 0.15) is 139 Å². The van der Waals surface area contributed by atoms with Gasteiger partial charge in [-0.05, 0) is 126 Å². The van der Waals surface area contributed by atoms with Crippen LogP contribution in [-0.4, -0.2) is 161 Å². The maximum absolute atomic E-state index is 17.0. The van der Waals surface area contributed by atoms with E-state index in [0.29, 0.717) is 87.6 Å². The Morgan fingerprint density at radius 1 is 0.935 bits per heavy atom. The number of aryl methyl sites for hydroxylation is 1. The first kappa shape index (κ1) is 64.9. The number of carbonyl (C=O) groups excluding carboxylic acids is 3. The number of rotatable bonds is 21. The maximum atomic E-state index is 17.0. The molecule has 492 valence electrons. The van der Waals surface area contributed by atoms with E-state index in [1.807, 2.05) is 104 Å². The first-order valence-electron chi connectivity index (χ1n) is 32.2. The number of methoxy groups -OCH3 is 1. The smallest absolute Gasteiger partial charge is 0.410 e. The first-order chi connectivity index (χ1) is 44.7. The predicted molar refractivity (Wildman–Crippen MR) is 350 cm³/mol. The van der Waals surface area contributed by atoms with Gasteiger partial charge in [-0.25, -0.2) is 23.5 Å². The number of anilines is 1. The Labute approximate surface area is 544 Å². The second kappa shape index (κ2) is 27.1. The van der Waals surface area contributed by atoms with Gasteiger partial charge in [-0.2, -0.15) is 15.1 Å². The van der Waals surface area contributed by atoms with Crippen molar-refractivity contribution in [2.24, 2.45) is 5.92 Å². The van der Waals surface area contributed by atoms with Crippen molar-refractivity contribution in [3.63, 3.8) is 0 Å². The fraction of sp³-hybridized carbons (Fsp3) is 0.493. The number of hydrogen-bond donors (Lipinski definition) is 3. The number of amides is 3. The lowest BCUT2D eigenvalue weighted by Crippen LogP contribution is -2.50. The van der Waals surface area contributed by atoms with Gasteiger partial charge in [-0.15, -0.1) is 16.4 Å². The van der Waals surface area contributed by atoms with Crippen LogP contribution in [0.25, 0.3) is 54.6 Å². The van der Waals surface area contributed by atoms with Gasteiger partial charge in [0.2, 0.25) is 11.8 Å². The van der Waals surface area contributed by atoms with Crippen molar-refractivity contribution in [3.8, 4) is 44.6 Å². The summed E-state index contributed by atoms with van der Waals surface area (Å²) in [4.78, 5) is 63.2. The molecule has 0 bridgehead atoms. The van der Waals surface area contributed by atoms with Gasteiger partial charge in [0.1, 0.15) is 53.7 Å². The second-order valence-corrected chi connectivity index (χ2v) is 27.4. The van der Waals surface area contributed by atoms with E-state index in [1.165, 1.54) is 20.9 Å². The largest absolute Gasteiger partial charge is 0.486 e. The van der Waals surface area contributed by atoms with Gasteiger partial charge in [-0.1, -0.05) is 67.6 Å². The van der Waals surface area contributed by atoms with Crippen molar-refractivity contribution >= 4 is 56.9 Å². The lowest BCUT2D eigenvalue weighted by atomic mass is 9.88. The molecule has 12 rings (SSSR count). The molecule has 0 radical (unpaired) electrons. The molecule has 1 saturated carbocycles. The quantitative estimate of drug-likeness (QED) is 0.0605. The number of carbonyl (C=O) groups is 3. The van der Waals surface area contributed by atoms with E-state index in [1.54, 1.807) is 47.6 Å². The number of benzene rings is 4. The summed E-state index contributed by atoms with van der Waals surface area (Å²) in [6, 6.07) is 16.2. The van der Waals surface area contributed by atoms with Crippen molar-refractivity contribution in [1.29, 1.82) is 0 Å². The summed E-state index contributed by atoms with van der Waals surface area (Å²) in [5.41, 5.74) is 9.49. The molecule has 3 aliphatic heterocycles. The number of likely N-dealkylation sites (tertiary alicyclic amines) is 2. The van der Waals surface area contributed by atoms with Crippen molar-refractivity contribution in [3.05, 3.63) is 112 Å². The minimum absolute atomic E-state index is 0.0242. The third-order valence-electron chi connectivity index (χ3n) is 18.3. The molecule has 3 amide bonds. The number of β-amino-alcohol motifs (C(OH)–C–C–N with tert-alkyl or cyclic N) is 1. The number of fused-ring (bicyclic) bond motifs is 2. The van der Waals surface area contributed by atoms with E-state index in [2.05, 4.69) is 31.6 Å². The number of nitrogens with zero attached hydrogens (tertiary/aromatic N) is 11. The zero-order chi connectivity index (χ0) is 65.6. The van der Waals surface area contributed by atoms with Crippen LogP contribution in [0.2, 0.25) is 0 Å². The molecular weight excluding hydrogens is 1210 g/mol. The van der Waals surface area contributed by atoms with Gasteiger partial charge in [0.15, 0.2) is 12.0 Å². The highest BCUT2D eigenvalue weighted by Crippen LogP contribution is 2.54. The van der Waals surface area contributed by atoms with Crippen molar-refractivity contribution in [2.45, 2.75) is 161 Å². The highest BCUT2D eigenvalue weighted by molar-refractivity contribution is 7.13. The third-order valence-corrected chi connectivity index (χ3v) is 19.3. The van der Waals surface area contributed by atoms with Crippen LogP contribution in [0.15, 0.2) is 78.6 Å². The van der Waals surface area contributed by atoms with Gasteiger partial charge < -0.3 is 53.9 Å². The van der Waals surface area contributed by atoms with Gasteiger partial charge in [-0.3, -0.25) is 9.59 Å². The second-order valence-electron chi connectivity index (χ2n) is 26.5. The molecule has 22 nitrogen and oxygen atoms in total. The Morgan fingerprint density at radius 3 is 2.38 bits per heavy atom. The maximum Gasteiger partial charge on any atom is 0.410 e. The molecular formula is C69H83FN12O10S. The Bertz CT molecular complexity index is 4030. The van der Waals surface area contributed by atoms with E-state index in [4.69, 9.17) is 38.8 Å². The van der Waals surface area contributed by atoms with E-state index in [0.717, 1.165) is 64.8 Å². The number of thiazole rings is 1. The van der Waals surface area contributed by atoms with Crippen molar-refractivity contribution in [1.82, 2.24) is 54.8 Å². The van der Waals surface area contributed by atoms with Crippen LogP contribution in [0.3, 0.4) is 0 Å². The lowest BCUT2D eigenvalue weighted by Gasteiger charge is -2.30. The van der Waals surface area contributed by atoms with Gasteiger partial charge in [0, 0.05) is 86.4 Å². The van der Waals surface area contributed by atoms with E-state index >= 15 is 4.39 Å². The number of likely N-dealkylation sites (N-methyl/N-ethyl adjacent to an activating group) is 1. The number of ether oxygens (including phenoxy) is 5. The molecule has 4 aliphatic rings. The summed E-state index contributed by atoms with van der Waals surface area (Å²) < 4.78 is 51.5. The Kier molecular flexibility index (Phi) is 18.9. The van der Waals surface area contributed by atoms with E-state index < -0.39 is 47.5 Å². The van der Waals surface area contributed by atoms with E-state index in [9.17, 15) is 24.6 Å². The number of nitrogens with one attached hydrogen (secondary N) is 1. The normalized spacial score (nSPS) is 19.5. The molecule has 0 spiro atoms. The molecule has 4 aromatic heterocycles. The van der Waals surface area contributed by atoms with Crippen LogP contribution in [0, 0.1) is 25.6 Å². The van der Waals surface area contributed by atoms with E-state index in [-0.39, 0.29) is 75.1 Å². The molecule has 1 unspecified atom stereocenters. The average Bonchev–Trinajstić information content (AvgIpc) is 1.71. The van der Waals surface area contributed by atoms with Crippen LogP contribution in [-0.2, 0) is 30.4 Å². The third kappa shape index (κ3) is 13.6. The van der Waals surface area contributed by atoms with Gasteiger partial charge >= 0.3 is 12.1 Å². The molecule has 8 aromatic rings. The number of aliphatic hydroxyl groups is 2. The molecule has 7 atom stereocenters. The summed E-state index contributed by atoms with van der Waals surface area (Å²) in [7, 11) is 3.58. The average molecular weight is 1290 g/mol. The van der Waals surface area contributed by atoms with Gasteiger partial charge in [0.25, 0.3) is 0 Å². The van der Waals surface area contributed by atoms with Crippen LogP contribution >= 0.6 is 11.3 Å². The molecule has 4 aromatic carbocycles. The molecule has 3 N–H and O–H groups in total. The number of halogens is 1. The minimum atomic E-state index is -1.00. The highest BCUT2D eigenvalue weighted by atomic mass is 32.1. The summed E-state index contributed by atoms with van der Waals surface area (Å²) in [5.74, 6) is -0.492. The van der Waals surface area contributed by atoms with Crippen LogP contribution in [0.4, 0.5) is 15.0 Å². The Hall–Kier alpha value is -8.16. The standard InChI is InChI=1S/C69H83FN12O10S/c1-38(2)61(66(86)80-32-48(84)27-56(80)65(85)73-54(34-83)45-20-22-46(23-21-45)63-41(5)71-37-93-63)81-33-53(76-77-81)44-16-14-42(15-17-44)36-90-62-59(58-40(4)52(70)29-55-51(58)30-72-82(55)57-13-11-12-26-89-57)49(43-18-19-43)28-50-60(62)74-67(91-35-39(3)88-10)75-64(50)78(9)47-24-25-79(31-47)68(87)92-69(6,7)8/h14-17,20-23,28-30,33,37-39,43,47-48,54,56-57,61,83-84H,11-13,18-19,24-27,31-32,34-36H2,1-10H3,(H,73,85)/t39-,47+,48+,54-,56-,57?,61-/m0/s1. The van der Waals surface area contributed by atoms with Gasteiger partial charge in [0.05, 0.1) is 58.8 Å².